The first-order valence-electron chi connectivity index (χ1n) is 7.13. The van der Waals surface area contributed by atoms with E-state index < -0.39 is 11.8 Å². The molecule has 0 spiro atoms. The van der Waals surface area contributed by atoms with Crippen LogP contribution in [-0.2, 0) is 9.59 Å². The van der Waals surface area contributed by atoms with Gasteiger partial charge in [-0.2, -0.15) is 0 Å². The van der Waals surface area contributed by atoms with E-state index in [4.69, 9.17) is 23.8 Å². The number of phenolic OH excluding ortho intramolecular Hbond substituents is 1. The van der Waals surface area contributed by atoms with Gasteiger partial charge in [-0.1, -0.05) is 33.6 Å². The number of halogens is 3. The summed E-state index contributed by atoms with van der Waals surface area (Å²) >= 11 is 16.4. The molecule has 3 rings (SSSR count). The van der Waals surface area contributed by atoms with Crippen molar-refractivity contribution in [1.82, 2.24) is 5.32 Å². The molecule has 0 aromatic heterocycles. The van der Waals surface area contributed by atoms with Crippen molar-refractivity contribution < 1.29 is 14.7 Å². The number of carbonyl (C=O) groups is 2. The van der Waals surface area contributed by atoms with Gasteiger partial charge in [0.2, 0.25) is 0 Å². The van der Waals surface area contributed by atoms with Crippen LogP contribution in [0.2, 0.25) is 5.02 Å². The van der Waals surface area contributed by atoms with E-state index in [2.05, 4.69) is 21.2 Å². The summed E-state index contributed by atoms with van der Waals surface area (Å²) in [6.07, 6.45) is 1.30. The number of nitrogens with one attached hydrogen (secondary N) is 1. The van der Waals surface area contributed by atoms with Crippen LogP contribution in [0, 0.1) is 3.57 Å². The Bertz CT molecular complexity index is 996. The summed E-state index contributed by atoms with van der Waals surface area (Å²) < 4.78 is 1.26. The minimum absolute atomic E-state index is 0.0138. The van der Waals surface area contributed by atoms with Crippen LogP contribution >= 0.6 is 62.3 Å². The minimum Gasteiger partial charge on any atom is -0.506 e. The maximum atomic E-state index is 12.9. The average Bonchev–Trinajstić information content (AvgIpc) is 2.55. The third-order valence-corrected chi connectivity index (χ3v) is 5.34. The highest BCUT2D eigenvalue weighted by Gasteiger charge is 2.34. The van der Waals surface area contributed by atoms with Crippen LogP contribution in [0.3, 0.4) is 0 Å². The van der Waals surface area contributed by atoms with Crippen molar-refractivity contribution in [2.45, 2.75) is 0 Å². The second kappa shape index (κ2) is 7.63. The SMILES string of the molecule is O=C1NC(=S)N(c2cccc(Br)c2)C(=O)/C1=C\c1cc(Cl)cc(I)c1O. The van der Waals surface area contributed by atoms with Crippen LogP contribution in [0.15, 0.2) is 46.4 Å². The Balaban J connectivity index is 2.09. The smallest absolute Gasteiger partial charge is 0.270 e. The van der Waals surface area contributed by atoms with E-state index in [0.29, 0.717) is 14.3 Å². The van der Waals surface area contributed by atoms with Gasteiger partial charge in [0, 0.05) is 15.1 Å². The van der Waals surface area contributed by atoms with E-state index in [9.17, 15) is 14.7 Å². The Kier molecular flexibility index (Phi) is 5.66. The van der Waals surface area contributed by atoms with E-state index >= 15 is 0 Å². The fourth-order valence-electron chi connectivity index (χ4n) is 2.36. The van der Waals surface area contributed by atoms with Crippen LogP contribution in [-0.4, -0.2) is 22.0 Å². The van der Waals surface area contributed by atoms with Gasteiger partial charge in [0.15, 0.2) is 5.11 Å². The Hall–Kier alpha value is -1.49. The van der Waals surface area contributed by atoms with Gasteiger partial charge in [-0.05, 0) is 71.2 Å². The Morgan fingerprint density at radius 2 is 2.00 bits per heavy atom. The molecule has 0 saturated carbocycles. The maximum Gasteiger partial charge on any atom is 0.270 e. The summed E-state index contributed by atoms with van der Waals surface area (Å²) in [5.41, 5.74) is 0.611. The van der Waals surface area contributed by atoms with Gasteiger partial charge >= 0.3 is 0 Å². The largest absolute Gasteiger partial charge is 0.506 e. The molecular formula is C17H9BrClIN2O3S. The molecule has 1 aliphatic heterocycles. The van der Waals surface area contributed by atoms with Gasteiger partial charge in [0.25, 0.3) is 11.8 Å². The Morgan fingerprint density at radius 1 is 1.27 bits per heavy atom. The first kappa shape index (κ1) is 19.3. The number of amides is 2. The minimum atomic E-state index is -0.638. The fourth-order valence-corrected chi connectivity index (χ4v) is 4.08. The van der Waals surface area contributed by atoms with Crippen LogP contribution < -0.4 is 10.2 Å². The van der Waals surface area contributed by atoms with Crippen molar-refractivity contribution in [3.8, 4) is 5.75 Å². The van der Waals surface area contributed by atoms with Crippen molar-refractivity contribution in [3.63, 3.8) is 0 Å². The van der Waals surface area contributed by atoms with Crippen LogP contribution in [0.4, 0.5) is 5.69 Å². The van der Waals surface area contributed by atoms with Crippen LogP contribution in [0.25, 0.3) is 6.08 Å². The summed E-state index contributed by atoms with van der Waals surface area (Å²) in [6.45, 7) is 0. The molecule has 132 valence electrons. The molecule has 0 unspecified atom stereocenters. The zero-order chi connectivity index (χ0) is 19.0. The number of hydrogen-bond donors (Lipinski definition) is 2. The fraction of sp³-hybridized carbons (Fsp3) is 0. The van der Waals surface area contributed by atoms with E-state index in [-0.39, 0.29) is 22.0 Å². The molecule has 26 heavy (non-hydrogen) atoms. The molecule has 0 bridgehead atoms. The molecule has 5 nitrogen and oxygen atoms in total. The number of thiocarbonyl (C=S) groups is 1. The summed E-state index contributed by atoms with van der Waals surface area (Å²) in [6, 6.07) is 10.0. The molecule has 0 atom stereocenters. The second-order valence-electron chi connectivity index (χ2n) is 5.26. The van der Waals surface area contributed by atoms with E-state index in [1.54, 1.807) is 24.3 Å². The number of benzene rings is 2. The van der Waals surface area contributed by atoms with E-state index in [0.717, 1.165) is 4.47 Å². The summed E-state index contributed by atoms with van der Waals surface area (Å²) in [5, 5.41) is 13.1. The van der Waals surface area contributed by atoms with Crippen molar-refractivity contribution >= 4 is 91.0 Å². The molecule has 9 heteroatoms. The molecule has 2 amide bonds. The summed E-state index contributed by atoms with van der Waals surface area (Å²) in [4.78, 5) is 26.4. The predicted octanol–water partition coefficient (Wildman–Crippen LogP) is 4.24. The third-order valence-electron chi connectivity index (χ3n) is 3.53. The number of carbonyl (C=O) groups excluding carboxylic acids is 2. The highest BCUT2D eigenvalue weighted by atomic mass is 127. The van der Waals surface area contributed by atoms with Crippen molar-refractivity contribution in [1.29, 1.82) is 0 Å². The number of aromatic hydroxyl groups is 1. The number of nitrogens with zero attached hydrogens (tertiary/aromatic N) is 1. The molecule has 2 aromatic carbocycles. The Labute approximate surface area is 181 Å². The zero-order valence-corrected chi connectivity index (χ0v) is 18.1. The highest BCUT2D eigenvalue weighted by Crippen LogP contribution is 2.31. The Morgan fingerprint density at radius 3 is 2.69 bits per heavy atom. The lowest BCUT2D eigenvalue weighted by molar-refractivity contribution is -0.122. The van der Waals surface area contributed by atoms with Gasteiger partial charge in [0.05, 0.1) is 9.26 Å². The number of phenols is 1. The zero-order valence-electron chi connectivity index (χ0n) is 12.8. The molecule has 1 aliphatic rings. The van der Waals surface area contributed by atoms with Crippen molar-refractivity contribution in [2.24, 2.45) is 0 Å². The normalized spacial score (nSPS) is 16.2. The summed E-state index contributed by atoms with van der Waals surface area (Å²) in [5.74, 6) is -1.29. The number of rotatable bonds is 2. The second-order valence-corrected chi connectivity index (χ2v) is 8.16. The van der Waals surface area contributed by atoms with Gasteiger partial charge in [-0.15, -0.1) is 0 Å². The predicted molar refractivity (Wildman–Crippen MR) is 116 cm³/mol. The lowest BCUT2D eigenvalue weighted by Gasteiger charge is -2.29. The molecule has 1 fully saturated rings. The molecule has 1 heterocycles. The topological polar surface area (TPSA) is 69.6 Å². The summed E-state index contributed by atoms with van der Waals surface area (Å²) in [7, 11) is 0. The molecule has 0 radical (unpaired) electrons. The lowest BCUT2D eigenvalue weighted by atomic mass is 10.1. The quantitative estimate of drug-likeness (QED) is 0.248. The molecule has 1 saturated heterocycles. The van der Waals surface area contributed by atoms with E-state index in [1.165, 1.54) is 17.0 Å². The van der Waals surface area contributed by atoms with Crippen molar-refractivity contribution in [3.05, 3.63) is 60.6 Å². The molecule has 2 N–H and O–H groups in total. The molecule has 0 aliphatic carbocycles. The molecule has 2 aromatic rings. The van der Waals surface area contributed by atoms with E-state index in [1.807, 2.05) is 28.7 Å². The highest BCUT2D eigenvalue weighted by molar-refractivity contribution is 14.1. The average molecular weight is 564 g/mol. The van der Waals surface area contributed by atoms with Crippen molar-refractivity contribution in [2.75, 3.05) is 4.90 Å². The van der Waals surface area contributed by atoms with Gasteiger partial charge in [0.1, 0.15) is 11.3 Å². The standard InChI is InChI=1S/C17H9BrClIN2O3S/c18-9-2-1-3-11(6-9)22-16(25)12(15(24)21-17(22)26)5-8-4-10(19)7-13(20)14(8)23/h1-7,23H,(H,21,24,26)/b12-5-. The first-order valence-corrected chi connectivity index (χ1v) is 9.79. The first-order chi connectivity index (χ1) is 12.3. The van der Waals surface area contributed by atoms with Gasteiger partial charge in [-0.3, -0.25) is 19.8 Å². The third kappa shape index (κ3) is 3.78. The van der Waals surface area contributed by atoms with Gasteiger partial charge in [-0.25, -0.2) is 0 Å². The molecular weight excluding hydrogens is 555 g/mol. The number of anilines is 1. The van der Waals surface area contributed by atoms with Crippen LogP contribution in [0.1, 0.15) is 5.56 Å². The monoisotopic (exact) mass is 562 g/mol. The van der Waals surface area contributed by atoms with Crippen LogP contribution in [0.5, 0.6) is 5.75 Å². The lowest BCUT2D eigenvalue weighted by Crippen LogP contribution is -2.54. The number of hydrogen-bond acceptors (Lipinski definition) is 4. The maximum absolute atomic E-state index is 12.9. The van der Waals surface area contributed by atoms with Gasteiger partial charge < -0.3 is 5.11 Å².